The molecule has 1 amide bonds. The first-order chi connectivity index (χ1) is 17.1. The maximum absolute atomic E-state index is 14.5. The monoisotopic (exact) mass is 471 g/mol. The van der Waals surface area contributed by atoms with Crippen molar-refractivity contribution in [3.8, 4) is 22.8 Å². The second-order valence-corrected chi connectivity index (χ2v) is 8.40. The van der Waals surface area contributed by atoms with Gasteiger partial charge in [0.25, 0.3) is 5.91 Å². The number of anilines is 4. The van der Waals surface area contributed by atoms with E-state index < -0.39 is 5.82 Å². The van der Waals surface area contributed by atoms with Crippen molar-refractivity contribution in [2.24, 2.45) is 0 Å². The standard InChI is InChI=1S/C26H22FN5O3/c1-34-25-18(27)6-3-7-19(25)31-24-21-22-14(11-29-26(21)33)13-35-16-5-2-4-15(10-16)30-20-12-28-9-8-17(20)23(24)32-22/h2-10,12,14,30-32H,11,13H2,1H3,(H,29,33)/t14-/m1/s1. The molecule has 176 valence electrons. The maximum atomic E-state index is 14.5. The fourth-order valence-corrected chi connectivity index (χ4v) is 4.61. The smallest absolute Gasteiger partial charge is 0.255 e. The number of amides is 1. The minimum absolute atomic E-state index is 0.0616. The van der Waals surface area contributed by atoms with Crippen LogP contribution >= 0.6 is 0 Å². The van der Waals surface area contributed by atoms with Crippen molar-refractivity contribution in [1.29, 1.82) is 0 Å². The molecule has 0 spiro atoms. The number of carbonyl (C=O) groups excluding carboxylic acids is 1. The molecular formula is C26H22FN5O3. The van der Waals surface area contributed by atoms with Crippen LogP contribution in [0, 0.1) is 5.82 Å². The molecule has 0 fully saturated rings. The highest BCUT2D eigenvalue weighted by Gasteiger charge is 2.34. The number of aromatic amines is 1. The van der Waals surface area contributed by atoms with Gasteiger partial charge in [-0.15, -0.1) is 0 Å². The summed E-state index contributed by atoms with van der Waals surface area (Å²) in [6.45, 7) is 0.790. The molecule has 2 aliphatic heterocycles. The molecular weight excluding hydrogens is 449 g/mol. The number of aromatic nitrogens is 2. The average molecular weight is 471 g/mol. The van der Waals surface area contributed by atoms with Crippen LogP contribution in [0.2, 0.25) is 0 Å². The van der Waals surface area contributed by atoms with Gasteiger partial charge in [0.05, 0.1) is 54.2 Å². The molecule has 2 aliphatic rings. The van der Waals surface area contributed by atoms with Gasteiger partial charge < -0.3 is 30.4 Å². The molecule has 0 unspecified atom stereocenters. The SMILES string of the molecule is COc1c(F)cccc1Nc1c2[nH]c3c1C(=O)NC[C@@H]3COc1cccc(c1)Nc1cnccc1-2. The molecule has 0 radical (unpaired) electrons. The van der Waals surface area contributed by atoms with Crippen LogP contribution in [0.25, 0.3) is 11.3 Å². The van der Waals surface area contributed by atoms with E-state index in [1.807, 2.05) is 30.3 Å². The van der Waals surface area contributed by atoms with Crippen LogP contribution in [0.1, 0.15) is 22.0 Å². The number of nitrogens with one attached hydrogen (secondary N) is 4. The number of H-pyrrole nitrogens is 1. The summed E-state index contributed by atoms with van der Waals surface area (Å²) in [5.74, 6) is -0.0698. The lowest BCUT2D eigenvalue weighted by molar-refractivity contribution is 0.0935. The Morgan fingerprint density at radius 1 is 1.20 bits per heavy atom. The number of hydrogen-bond acceptors (Lipinski definition) is 6. The van der Waals surface area contributed by atoms with E-state index in [4.69, 9.17) is 9.47 Å². The van der Waals surface area contributed by atoms with Crippen molar-refractivity contribution in [2.45, 2.75) is 5.92 Å². The fraction of sp³-hybridized carbons (Fsp3) is 0.154. The van der Waals surface area contributed by atoms with Crippen LogP contribution in [0.5, 0.6) is 11.5 Å². The van der Waals surface area contributed by atoms with Gasteiger partial charge in [0, 0.05) is 35.8 Å². The summed E-state index contributed by atoms with van der Waals surface area (Å²) in [4.78, 5) is 20.9. The lowest BCUT2D eigenvalue weighted by Gasteiger charge is -2.24. The first-order valence-electron chi connectivity index (χ1n) is 11.2. The first kappa shape index (κ1) is 21.0. The zero-order valence-electron chi connectivity index (χ0n) is 18.8. The van der Waals surface area contributed by atoms with Gasteiger partial charge >= 0.3 is 0 Å². The molecule has 0 saturated heterocycles. The topological polar surface area (TPSA) is 100 Å². The van der Waals surface area contributed by atoms with E-state index in [1.165, 1.54) is 13.2 Å². The van der Waals surface area contributed by atoms with Gasteiger partial charge in [-0.25, -0.2) is 4.39 Å². The van der Waals surface area contributed by atoms with Crippen molar-refractivity contribution in [1.82, 2.24) is 15.3 Å². The Morgan fingerprint density at radius 3 is 2.97 bits per heavy atom. The molecule has 1 atom stereocenters. The van der Waals surface area contributed by atoms with E-state index in [0.717, 1.165) is 22.6 Å². The van der Waals surface area contributed by atoms with Crippen LogP contribution in [0.15, 0.2) is 60.9 Å². The van der Waals surface area contributed by atoms with Gasteiger partial charge in [-0.2, -0.15) is 0 Å². The zero-order valence-corrected chi connectivity index (χ0v) is 18.8. The summed E-state index contributed by atoms with van der Waals surface area (Å²) in [6, 6.07) is 14.2. The number of fused-ring (bicyclic) bond motifs is 5. The first-order valence-corrected chi connectivity index (χ1v) is 11.2. The summed E-state index contributed by atoms with van der Waals surface area (Å²) in [6.07, 6.45) is 3.41. The number of para-hydroxylation sites is 1. The molecule has 6 rings (SSSR count). The number of halogens is 1. The Morgan fingerprint density at radius 2 is 2.09 bits per heavy atom. The van der Waals surface area contributed by atoms with E-state index in [9.17, 15) is 9.18 Å². The second kappa shape index (κ2) is 8.35. The number of methoxy groups -OCH3 is 1. The lowest BCUT2D eigenvalue weighted by atomic mass is 9.96. The molecule has 9 heteroatoms. The normalized spacial score (nSPS) is 15.9. The molecule has 2 aromatic heterocycles. The van der Waals surface area contributed by atoms with Gasteiger partial charge in [-0.1, -0.05) is 12.1 Å². The molecule has 2 aromatic carbocycles. The van der Waals surface area contributed by atoms with E-state index in [0.29, 0.717) is 41.5 Å². The predicted octanol–water partition coefficient (Wildman–Crippen LogP) is 4.93. The van der Waals surface area contributed by atoms with Crippen LogP contribution in [0.3, 0.4) is 0 Å². The number of carbonyl (C=O) groups is 1. The Hall–Kier alpha value is -4.53. The van der Waals surface area contributed by atoms with Gasteiger partial charge in [-0.3, -0.25) is 9.78 Å². The molecule has 4 bridgehead atoms. The summed E-state index contributed by atoms with van der Waals surface area (Å²) in [7, 11) is 1.41. The minimum atomic E-state index is -0.504. The largest absolute Gasteiger partial charge is 0.493 e. The second-order valence-electron chi connectivity index (χ2n) is 8.40. The molecule has 8 nitrogen and oxygen atoms in total. The highest BCUT2D eigenvalue weighted by Crippen LogP contribution is 2.44. The predicted molar refractivity (Wildman–Crippen MR) is 131 cm³/mol. The summed E-state index contributed by atoms with van der Waals surface area (Å²) >= 11 is 0. The van der Waals surface area contributed by atoms with Crippen LogP contribution in [-0.2, 0) is 0 Å². The third-order valence-electron chi connectivity index (χ3n) is 6.26. The van der Waals surface area contributed by atoms with E-state index in [1.54, 1.807) is 24.5 Å². The number of benzene rings is 2. The third kappa shape index (κ3) is 3.61. The molecule has 4 heterocycles. The van der Waals surface area contributed by atoms with Gasteiger partial charge in [0.1, 0.15) is 5.75 Å². The van der Waals surface area contributed by atoms with Crippen molar-refractivity contribution in [2.75, 3.05) is 30.9 Å². The van der Waals surface area contributed by atoms with E-state index in [-0.39, 0.29) is 17.6 Å². The summed E-state index contributed by atoms with van der Waals surface area (Å²) in [5.41, 5.74) is 5.17. The van der Waals surface area contributed by atoms with E-state index >= 15 is 0 Å². The van der Waals surface area contributed by atoms with Crippen molar-refractivity contribution < 1.29 is 18.7 Å². The molecule has 4 N–H and O–H groups in total. The Bertz CT molecular complexity index is 1450. The molecule has 4 aromatic rings. The van der Waals surface area contributed by atoms with Gasteiger partial charge in [0.15, 0.2) is 11.6 Å². The highest BCUT2D eigenvalue weighted by atomic mass is 19.1. The van der Waals surface area contributed by atoms with Gasteiger partial charge in [0.2, 0.25) is 0 Å². The van der Waals surface area contributed by atoms with Crippen molar-refractivity contribution in [3.05, 3.63) is 78.0 Å². The lowest BCUT2D eigenvalue weighted by Crippen LogP contribution is -2.37. The molecule has 0 aliphatic carbocycles. The van der Waals surface area contributed by atoms with Gasteiger partial charge in [-0.05, 0) is 30.3 Å². The summed E-state index contributed by atoms with van der Waals surface area (Å²) in [5, 5.41) is 9.65. The van der Waals surface area contributed by atoms with Crippen molar-refractivity contribution >= 4 is 28.7 Å². The van der Waals surface area contributed by atoms with Crippen molar-refractivity contribution in [3.63, 3.8) is 0 Å². The van der Waals surface area contributed by atoms with Crippen LogP contribution in [-0.4, -0.2) is 36.1 Å². The average Bonchev–Trinajstić information content (AvgIpc) is 3.24. The number of hydrogen-bond donors (Lipinski definition) is 4. The molecule has 35 heavy (non-hydrogen) atoms. The number of nitrogens with zero attached hydrogens (tertiary/aromatic N) is 1. The zero-order chi connectivity index (χ0) is 23.9. The Balaban J connectivity index is 1.59. The highest BCUT2D eigenvalue weighted by molar-refractivity contribution is 6.07. The third-order valence-corrected chi connectivity index (χ3v) is 6.26. The summed E-state index contributed by atoms with van der Waals surface area (Å²) < 4.78 is 25.9. The van der Waals surface area contributed by atoms with Crippen LogP contribution < -0.4 is 25.4 Å². The fourth-order valence-electron chi connectivity index (χ4n) is 4.61. The maximum Gasteiger partial charge on any atom is 0.255 e. The number of rotatable bonds is 3. The Kier molecular flexibility index (Phi) is 5.02. The van der Waals surface area contributed by atoms with E-state index in [2.05, 4.69) is 25.9 Å². The molecule has 0 saturated carbocycles. The number of ether oxygens (including phenoxy) is 2. The Labute approximate surface area is 200 Å². The van der Waals surface area contributed by atoms with Crippen LogP contribution in [0.4, 0.5) is 27.1 Å². The quantitative estimate of drug-likeness (QED) is 0.338. The number of pyridine rings is 1. The minimum Gasteiger partial charge on any atom is -0.493 e.